The molecule has 1 N–H and O–H groups in total. The lowest BCUT2D eigenvalue weighted by Gasteiger charge is -2.10. The van der Waals surface area contributed by atoms with Gasteiger partial charge in [-0.05, 0) is 84.9 Å². The zero-order chi connectivity index (χ0) is 21.9. The fraction of sp³-hybridized carbons (Fsp3) is 0.0769. The van der Waals surface area contributed by atoms with Crippen LogP contribution in [0.15, 0.2) is 89.9 Å². The number of ether oxygens (including phenoxy) is 2. The van der Waals surface area contributed by atoms with Gasteiger partial charge in [0.05, 0.1) is 46.1 Å². The van der Waals surface area contributed by atoms with Gasteiger partial charge in [-0.25, -0.2) is 9.98 Å². The maximum Gasteiger partial charge on any atom is 0.119 e. The standard InChI is InChI=1S/C26H21N3O2S/c1-30-21-9-3-17(4-10-21)27-19-7-13-23-25(15-19)32-26-16-20(8-14-24(26)29-23)28-18-5-11-22(31-2)12-6-18/h3-16,27H,1-2H3. The van der Waals surface area contributed by atoms with Crippen LogP contribution in [0.5, 0.6) is 11.5 Å². The zero-order valence-corrected chi connectivity index (χ0v) is 18.5. The van der Waals surface area contributed by atoms with Crippen molar-refractivity contribution in [3.63, 3.8) is 0 Å². The lowest BCUT2D eigenvalue weighted by molar-refractivity contribution is 0.415. The van der Waals surface area contributed by atoms with E-state index in [0.717, 1.165) is 54.7 Å². The molecule has 0 spiro atoms. The molecule has 158 valence electrons. The van der Waals surface area contributed by atoms with E-state index >= 15 is 0 Å². The van der Waals surface area contributed by atoms with Crippen molar-refractivity contribution in [1.29, 1.82) is 0 Å². The third-order valence-corrected chi connectivity index (χ3v) is 6.17. The van der Waals surface area contributed by atoms with Crippen LogP contribution in [0.25, 0.3) is 20.8 Å². The van der Waals surface area contributed by atoms with E-state index in [2.05, 4.69) is 17.4 Å². The minimum Gasteiger partial charge on any atom is -0.497 e. The van der Waals surface area contributed by atoms with Crippen molar-refractivity contribution in [2.75, 3.05) is 19.5 Å². The minimum atomic E-state index is 0.819. The van der Waals surface area contributed by atoms with Crippen molar-refractivity contribution in [3.05, 3.63) is 90.3 Å². The summed E-state index contributed by atoms with van der Waals surface area (Å²) in [6.07, 6.45) is 0. The van der Waals surface area contributed by atoms with Gasteiger partial charge in [0, 0.05) is 11.4 Å². The fourth-order valence-electron chi connectivity index (χ4n) is 3.41. The second kappa shape index (κ2) is 8.69. The Bertz CT molecular complexity index is 1410. The van der Waals surface area contributed by atoms with Crippen molar-refractivity contribution >= 4 is 38.6 Å². The van der Waals surface area contributed by atoms with Gasteiger partial charge < -0.3 is 14.8 Å². The topological polar surface area (TPSA) is 55.7 Å². The van der Waals surface area contributed by atoms with E-state index in [1.807, 2.05) is 72.8 Å². The van der Waals surface area contributed by atoms with Gasteiger partial charge in [-0.2, -0.15) is 0 Å². The molecular formula is C26H21N3O2S. The van der Waals surface area contributed by atoms with E-state index in [1.54, 1.807) is 25.6 Å². The normalized spacial score (nSPS) is 11.6. The molecule has 3 aromatic carbocycles. The number of methoxy groups -OCH3 is 2. The van der Waals surface area contributed by atoms with Crippen molar-refractivity contribution in [2.45, 2.75) is 0 Å². The van der Waals surface area contributed by atoms with Gasteiger partial charge in [0.15, 0.2) is 0 Å². The average molecular weight is 440 g/mol. The van der Waals surface area contributed by atoms with E-state index < -0.39 is 0 Å². The summed E-state index contributed by atoms with van der Waals surface area (Å²) in [6.45, 7) is 0. The maximum atomic E-state index is 5.23. The smallest absolute Gasteiger partial charge is 0.119 e. The molecule has 0 bridgehead atoms. The first-order valence-electron chi connectivity index (χ1n) is 10.1. The van der Waals surface area contributed by atoms with Gasteiger partial charge in [0.25, 0.3) is 0 Å². The number of hydrogen-bond acceptors (Lipinski definition) is 6. The van der Waals surface area contributed by atoms with Crippen LogP contribution in [0.3, 0.4) is 0 Å². The van der Waals surface area contributed by atoms with Crippen LogP contribution in [-0.4, -0.2) is 19.2 Å². The second-order valence-corrected chi connectivity index (χ2v) is 8.30. The van der Waals surface area contributed by atoms with Crippen molar-refractivity contribution in [1.82, 2.24) is 4.98 Å². The lowest BCUT2D eigenvalue weighted by atomic mass is 10.2. The summed E-state index contributed by atoms with van der Waals surface area (Å²) in [5.74, 6) is 1.65. The van der Waals surface area contributed by atoms with Crippen LogP contribution >= 0.6 is 11.3 Å². The van der Waals surface area contributed by atoms with Crippen LogP contribution in [0.2, 0.25) is 0 Å². The first kappa shape index (κ1) is 20.0. The molecule has 0 aromatic heterocycles. The first-order valence-corrected chi connectivity index (χ1v) is 11.0. The minimum absolute atomic E-state index is 0.819. The summed E-state index contributed by atoms with van der Waals surface area (Å²) in [5, 5.41) is 4.34. The van der Waals surface area contributed by atoms with E-state index in [9.17, 15) is 0 Å². The Kier molecular flexibility index (Phi) is 5.44. The molecule has 5 nitrogen and oxygen atoms in total. The summed E-state index contributed by atoms with van der Waals surface area (Å²) in [7, 11) is 3.33. The number of anilines is 2. The summed E-state index contributed by atoms with van der Waals surface area (Å²) in [5.41, 5.74) is 4.84. The van der Waals surface area contributed by atoms with E-state index in [4.69, 9.17) is 19.5 Å². The Labute approximate surface area is 190 Å². The van der Waals surface area contributed by atoms with Crippen LogP contribution in [-0.2, 0) is 0 Å². The molecule has 0 saturated carbocycles. The number of rotatable bonds is 5. The van der Waals surface area contributed by atoms with Crippen LogP contribution < -0.4 is 20.1 Å². The van der Waals surface area contributed by atoms with Gasteiger partial charge in [0.2, 0.25) is 0 Å². The Morgan fingerprint density at radius 1 is 0.750 bits per heavy atom. The molecule has 0 atom stereocenters. The molecule has 2 aliphatic rings. The van der Waals surface area contributed by atoms with Crippen molar-refractivity contribution in [3.8, 4) is 22.1 Å². The average Bonchev–Trinajstić information content (AvgIpc) is 2.84. The Hall–Kier alpha value is -3.90. The highest BCUT2D eigenvalue weighted by Crippen LogP contribution is 2.32. The molecule has 0 saturated heterocycles. The first-order chi connectivity index (χ1) is 15.7. The summed E-state index contributed by atoms with van der Waals surface area (Å²) in [6, 6.07) is 27.9. The number of nitrogens with zero attached hydrogens (tertiary/aromatic N) is 2. The highest BCUT2D eigenvalue weighted by atomic mass is 32.1. The summed E-state index contributed by atoms with van der Waals surface area (Å²) < 4.78 is 11.6. The van der Waals surface area contributed by atoms with Gasteiger partial charge in [-0.1, -0.05) is 0 Å². The van der Waals surface area contributed by atoms with Crippen LogP contribution in [0.4, 0.5) is 17.1 Å². The van der Waals surface area contributed by atoms with Crippen molar-refractivity contribution in [2.24, 2.45) is 4.99 Å². The molecule has 1 aliphatic heterocycles. The summed E-state index contributed by atoms with van der Waals surface area (Å²) in [4.78, 5) is 10.7. The molecule has 5 rings (SSSR count). The lowest BCUT2D eigenvalue weighted by Crippen LogP contribution is -2.01. The number of fused-ring (bicyclic) bond motifs is 2. The monoisotopic (exact) mass is 439 g/mol. The molecule has 0 unspecified atom stereocenters. The second-order valence-electron chi connectivity index (χ2n) is 7.21. The number of aromatic nitrogens is 1. The van der Waals surface area contributed by atoms with Gasteiger partial charge in [-0.15, -0.1) is 11.3 Å². The predicted molar refractivity (Wildman–Crippen MR) is 131 cm³/mol. The van der Waals surface area contributed by atoms with E-state index in [-0.39, 0.29) is 0 Å². The number of nitrogens with one attached hydrogen (secondary N) is 1. The Morgan fingerprint density at radius 2 is 1.44 bits per heavy atom. The molecule has 0 fully saturated rings. The molecule has 1 aliphatic carbocycles. The molecule has 3 aromatic rings. The predicted octanol–water partition coefficient (Wildman–Crippen LogP) is 6.39. The SMILES string of the molecule is COc1ccc(N=c2ccc3nc4ccc(Nc5ccc(OC)cc5)cc4sc-3c2)cc1. The molecule has 6 heteroatoms. The molecule has 1 heterocycles. The number of benzene rings is 4. The number of hydrogen-bond donors (Lipinski definition) is 1. The van der Waals surface area contributed by atoms with Crippen LogP contribution in [0, 0.1) is 0 Å². The zero-order valence-electron chi connectivity index (χ0n) is 17.7. The van der Waals surface area contributed by atoms with E-state index in [1.165, 1.54) is 0 Å². The Morgan fingerprint density at radius 3 is 2.16 bits per heavy atom. The fourth-order valence-corrected chi connectivity index (χ4v) is 4.45. The quantitative estimate of drug-likeness (QED) is 0.322. The molecule has 32 heavy (non-hydrogen) atoms. The van der Waals surface area contributed by atoms with Crippen LogP contribution in [0.1, 0.15) is 0 Å². The van der Waals surface area contributed by atoms with Gasteiger partial charge in [0.1, 0.15) is 11.5 Å². The Balaban J connectivity index is 1.48. The highest BCUT2D eigenvalue weighted by Gasteiger charge is 2.08. The van der Waals surface area contributed by atoms with E-state index in [0.29, 0.717) is 0 Å². The molecule has 0 radical (unpaired) electrons. The maximum absolute atomic E-state index is 5.23. The highest BCUT2D eigenvalue weighted by molar-refractivity contribution is 7.21. The molecular weight excluding hydrogens is 418 g/mol. The third-order valence-electron chi connectivity index (χ3n) is 5.07. The molecule has 0 amide bonds. The largest absolute Gasteiger partial charge is 0.497 e. The van der Waals surface area contributed by atoms with Crippen molar-refractivity contribution < 1.29 is 9.47 Å². The third kappa shape index (κ3) is 4.26. The van der Waals surface area contributed by atoms with Gasteiger partial charge in [-0.3, -0.25) is 0 Å². The van der Waals surface area contributed by atoms with Gasteiger partial charge >= 0.3 is 0 Å². The summed E-state index contributed by atoms with van der Waals surface area (Å²) >= 11 is 1.71.